The predicted molar refractivity (Wildman–Crippen MR) is 63.2 cm³/mol. The highest BCUT2D eigenvalue weighted by atomic mass is 19.4. The lowest BCUT2D eigenvalue weighted by atomic mass is 10.1. The summed E-state index contributed by atoms with van der Waals surface area (Å²) in [6.07, 6.45) is -3.65. The van der Waals surface area contributed by atoms with Crippen LogP contribution in [-0.4, -0.2) is 34.5 Å². The first-order valence-electron chi connectivity index (χ1n) is 6.00. The summed E-state index contributed by atoms with van der Waals surface area (Å²) in [4.78, 5) is 22.1. The monoisotopic (exact) mass is 306 g/mol. The lowest BCUT2D eigenvalue weighted by molar-refractivity contribution is -0.387. The van der Waals surface area contributed by atoms with Crippen LogP contribution in [0.2, 0.25) is 0 Å². The van der Waals surface area contributed by atoms with Crippen LogP contribution in [0.15, 0.2) is 18.2 Å². The van der Waals surface area contributed by atoms with E-state index in [0.717, 1.165) is 12.1 Å². The van der Waals surface area contributed by atoms with E-state index in [2.05, 4.69) is 0 Å². The molecule has 1 aliphatic carbocycles. The van der Waals surface area contributed by atoms with Crippen LogP contribution in [0.4, 0.5) is 23.2 Å². The van der Waals surface area contributed by atoms with Crippen molar-refractivity contribution < 1.29 is 27.3 Å². The highest BCUT2D eigenvalue weighted by Crippen LogP contribution is 2.32. The van der Waals surface area contributed by atoms with Crippen LogP contribution in [0.1, 0.15) is 23.2 Å². The maximum absolute atomic E-state index is 13.4. The van der Waals surface area contributed by atoms with E-state index in [1.54, 1.807) is 0 Å². The van der Waals surface area contributed by atoms with Gasteiger partial charge in [-0.15, -0.1) is 0 Å². The van der Waals surface area contributed by atoms with Gasteiger partial charge in [-0.3, -0.25) is 14.9 Å². The lowest BCUT2D eigenvalue weighted by Gasteiger charge is -2.23. The van der Waals surface area contributed by atoms with Crippen LogP contribution in [0.5, 0.6) is 0 Å². The molecule has 1 aromatic carbocycles. The molecule has 0 atom stereocenters. The van der Waals surface area contributed by atoms with Crippen molar-refractivity contribution in [3.63, 3.8) is 0 Å². The molecule has 0 heterocycles. The molecule has 0 aromatic heterocycles. The van der Waals surface area contributed by atoms with E-state index in [4.69, 9.17) is 0 Å². The van der Waals surface area contributed by atoms with Gasteiger partial charge < -0.3 is 4.90 Å². The summed E-state index contributed by atoms with van der Waals surface area (Å²) in [5.74, 6) is -2.24. The molecular weight excluding hydrogens is 296 g/mol. The molecule has 0 N–H and O–H groups in total. The van der Waals surface area contributed by atoms with Crippen LogP contribution < -0.4 is 0 Å². The zero-order valence-corrected chi connectivity index (χ0v) is 10.6. The fraction of sp³-hybridized carbons (Fsp3) is 0.417. The van der Waals surface area contributed by atoms with E-state index < -0.39 is 41.1 Å². The van der Waals surface area contributed by atoms with Crippen molar-refractivity contribution in [2.45, 2.75) is 25.1 Å². The number of carbonyl (C=O) groups is 1. The molecule has 1 amide bonds. The Balaban J connectivity index is 2.25. The Kier molecular flexibility index (Phi) is 3.84. The van der Waals surface area contributed by atoms with E-state index in [0.29, 0.717) is 23.8 Å². The first-order valence-corrected chi connectivity index (χ1v) is 6.00. The van der Waals surface area contributed by atoms with Crippen molar-refractivity contribution in [2.24, 2.45) is 0 Å². The number of benzene rings is 1. The van der Waals surface area contributed by atoms with E-state index in [1.165, 1.54) is 0 Å². The summed E-state index contributed by atoms with van der Waals surface area (Å²) >= 11 is 0. The second-order valence-electron chi connectivity index (χ2n) is 4.70. The van der Waals surface area contributed by atoms with Gasteiger partial charge in [-0.25, -0.2) is 0 Å². The number of nitrogens with zero attached hydrogens (tertiary/aromatic N) is 2. The number of nitro groups is 1. The third-order valence-corrected chi connectivity index (χ3v) is 2.99. The van der Waals surface area contributed by atoms with Crippen LogP contribution >= 0.6 is 0 Å². The smallest absolute Gasteiger partial charge is 0.327 e. The number of hydrogen-bond acceptors (Lipinski definition) is 3. The number of alkyl halides is 3. The van der Waals surface area contributed by atoms with Gasteiger partial charge in [0.05, 0.1) is 4.92 Å². The second-order valence-corrected chi connectivity index (χ2v) is 4.70. The Morgan fingerprint density at radius 1 is 1.38 bits per heavy atom. The molecule has 0 aliphatic heterocycles. The van der Waals surface area contributed by atoms with Gasteiger partial charge in [0.1, 0.15) is 6.54 Å². The average Bonchev–Trinajstić information content (AvgIpc) is 3.17. The summed E-state index contributed by atoms with van der Waals surface area (Å²) < 4.78 is 50.8. The molecule has 0 bridgehead atoms. The Hall–Kier alpha value is -2.19. The molecule has 0 unspecified atom stereocenters. The Morgan fingerprint density at radius 3 is 2.43 bits per heavy atom. The molecule has 1 saturated carbocycles. The van der Waals surface area contributed by atoms with Crippen molar-refractivity contribution in [3.05, 3.63) is 39.7 Å². The van der Waals surface area contributed by atoms with Gasteiger partial charge in [-0.1, -0.05) is 0 Å². The largest absolute Gasteiger partial charge is 0.406 e. The summed E-state index contributed by atoms with van der Waals surface area (Å²) in [5, 5.41) is 10.5. The molecule has 2 rings (SSSR count). The molecule has 21 heavy (non-hydrogen) atoms. The van der Waals surface area contributed by atoms with Crippen LogP contribution in [0.3, 0.4) is 0 Å². The normalized spacial score (nSPS) is 14.9. The van der Waals surface area contributed by atoms with Crippen molar-refractivity contribution in [1.82, 2.24) is 4.90 Å². The van der Waals surface area contributed by atoms with Crippen molar-refractivity contribution >= 4 is 11.6 Å². The lowest BCUT2D eigenvalue weighted by Crippen LogP contribution is -2.40. The fourth-order valence-corrected chi connectivity index (χ4v) is 1.90. The van der Waals surface area contributed by atoms with E-state index in [1.807, 2.05) is 0 Å². The zero-order valence-electron chi connectivity index (χ0n) is 10.6. The molecule has 0 spiro atoms. The van der Waals surface area contributed by atoms with Crippen LogP contribution in [0.25, 0.3) is 0 Å². The maximum Gasteiger partial charge on any atom is 0.406 e. The SMILES string of the molecule is O=C(c1ccc([N+](=O)[O-])c(F)c1)N(CC(F)(F)F)C1CC1. The molecule has 1 fully saturated rings. The second kappa shape index (κ2) is 5.30. The minimum absolute atomic E-state index is 0.339. The Morgan fingerprint density at radius 2 is 2.00 bits per heavy atom. The number of nitro benzene ring substituents is 1. The highest BCUT2D eigenvalue weighted by Gasteiger charge is 2.41. The van der Waals surface area contributed by atoms with E-state index >= 15 is 0 Å². The molecular formula is C12H10F4N2O3. The van der Waals surface area contributed by atoms with Gasteiger partial charge in [-0.2, -0.15) is 17.6 Å². The molecule has 0 saturated heterocycles. The van der Waals surface area contributed by atoms with E-state index in [9.17, 15) is 32.5 Å². The summed E-state index contributed by atoms with van der Waals surface area (Å²) in [6, 6.07) is 1.79. The third kappa shape index (κ3) is 3.67. The Bertz CT molecular complexity index is 584. The number of amides is 1. The molecule has 1 aromatic rings. The van der Waals surface area contributed by atoms with Gasteiger partial charge in [-0.05, 0) is 25.0 Å². The molecule has 1 aliphatic rings. The summed E-state index contributed by atoms with van der Waals surface area (Å²) in [7, 11) is 0. The molecule has 114 valence electrons. The summed E-state index contributed by atoms with van der Waals surface area (Å²) in [6.45, 7) is -1.42. The topological polar surface area (TPSA) is 63.4 Å². The number of carbonyl (C=O) groups excluding carboxylic acids is 1. The first-order chi connectivity index (χ1) is 9.69. The number of rotatable bonds is 4. The maximum atomic E-state index is 13.4. The van der Waals surface area contributed by atoms with Gasteiger partial charge in [0.25, 0.3) is 5.91 Å². The number of halogens is 4. The third-order valence-electron chi connectivity index (χ3n) is 2.99. The standard InChI is InChI=1S/C12H10F4N2O3/c13-9-5-7(1-4-10(9)18(20)21)11(19)17(8-2-3-8)6-12(14,15)16/h1,4-5,8H,2-3,6H2. The summed E-state index contributed by atoms with van der Waals surface area (Å²) in [5.41, 5.74) is -1.17. The molecule has 9 heteroatoms. The van der Waals surface area contributed by atoms with Crippen molar-refractivity contribution in [2.75, 3.05) is 6.54 Å². The predicted octanol–water partition coefficient (Wildman–Crippen LogP) is 2.90. The minimum atomic E-state index is -4.56. The van der Waals surface area contributed by atoms with E-state index in [-0.39, 0.29) is 5.56 Å². The van der Waals surface area contributed by atoms with Gasteiger partial charge >= 0.3 is 11.9 Å². The van der Waals surface area contributed by atoms with Gasteiger partial charge in [0, 0.05) is 17.7 Å². The van der Waals surface area contributed by atoms with Crippen LogP contribution in [0, 0.1) is 15.9 Å². The fourth-order valence-electron chi connectivity index (χ4n) is 1.90. The van der Waals surface area contributed by atoms with Crippen molar-refractivity contribution in [3.8, 4) is 0 Å². The van der Waals surface area contributed by atoms with Gasteiger partial charge in [0.15, 0.2) is 0 Å². The zero-order chi connectivity index (χ0) is 15.8. The quantitative estimate of drug-likeness (QED) is 0.488. The average molecular weight is 306 g/mol. The van der Waals surface area contributed by atoms with Gasteiger partial charge in [0.2, 0.25) is 5.82 Å². The minimum Gasteiger partial charge on any atom is -0.327 e. The number of hydrogen-bond donors (Lipinski definition) is 0. The molecule has 0 radical (unpaired) electrons. The highest BCUT2D eigenvalue weighted by molar-refractivity contribution is 5.95. The van der Waals surface area contributed by atoms with Crippen LogP contribution in [-0.2, 0) is 0 Å². The van der Waals surface area contributed by atoms with Crippen molar-refractivity contribution in [1.29, 1.82) is 0 Å². The Labute approximate surface area is 116 Å². The first kappa shape index (κ1) is 15.2. The molecule has 5 nitrogen and oxygen atoms in total.